The molecule has 0 radical (unpaired) electrons. The molecule has 128 valence electrons. The van der Waals surface area contributed by atoms with Gasteiger partial charge in [0.25, 0.3) is 0 Å². The van der Waals surface area contributed by atoms with Crippen molar-refractivity contribution in [1.29, 1.82) is 0 Å². The highest BCUT2D eigenvalue weighted by Crippen LogP contribution is 2.24. The smallest absolute Gasteiger partial charge is 0.237 e. The lowest BCUT2D eigenvalue weighted by Crippen LogP contribution is -2.23. The maximum absolute atomic E-state index is 13.2. The van der Waals surface area contributed by atoms with E-state index in [-0.39, 0.29) is 5.91 Å². The van der Waals surface area contributed by atoms with Crippen molar-refractivity contribution in [2.45, 2.75) is 24.3 Å². The number of hydrogen-bond donors (Lipinski definition) is 1. The van der Waals surface area contributed by atoms with Gasteiger partial charge in [0.05, 0.1) is 10.9 Å². The number of halogens is 1. The minimum Gasteiger partial charge on any atom is -0.325 e. The number of thioether (sulfide) groups is 1. The number of aromatic nitrogens is 4. The van der Waals surface area contributed by atoms with E-state index < -0.39 is 11.1 Å². The second-order valence-corrected chi connectivity index (χ2v) is 6.78. The minimum atomic E-state index is -0.460. The van der Waals surface area contributed by atoms with E-state index in [1.807, 2.05) is 31.2 Å². The number of carbonyl (C=O) groups is 1. The number of tetrazole rings is 1. The number of rotatable bonds is 5. The molecule has 0 aliphatic heterocycles. The van der Waals surface area contributed by atoms with E-state index in [1.54, 1.807) is 23.7 Å². The predicted octanol–water partition coefficient (Wildman–Crippen LogP) is 3.23. The number of anilines is 1. The SMILES string of the molecule is Cc1cccc(-n2nnnc2SC(C)C(=O)Nc2cccc(F)c2)c1. The number of aryl methyl sites for hydroxylation is 1. The quantitative estimate of drug-likeness (QED) is 0.710. The molecule has 1 N–H and O–H groups in total. The number of hydrogen-bond acceptors (Lipinski definition) is 5. The largest absolute Gasteiger partial charge is 0.325 e. The summed E-state index contributed by atoms with van der Waals surface area (Å²) in [6, 6.07) is 13.5. The highest BCUT2D eigenvalue weighted by atomic mass is 32.2. The standard InChI is InChI=1S/C17H16FN5OS/c1-11-5-3-8-15(9-11)23-17(20-21-22-23)25-12(2)16(24)19-14-7-4-6-13(18)10-14/h3-10,12H,1-2H3,(H,19,24). The van der Waals surface area contributed by atoms with Crippen molar-refractivity contribution in [3.63, 3.8) is 0 Å². The molecule has 3 aromatic rings. The molecule has 1 heterocycles. The van der Waals surface area contributed by atoms with Crippen LogP contribution in [0.4, 0.5) is 10.1 Å². The molecular weight excluding hydrogens is 341 g/mol. The third kappa shape index (κ3) is 4.21. The minimum absolute atomic E-state index is 0.255. The molecule has 0 saturated carbocycles. The van der Waals surface area contributed by atoms with E-state index in [1.165, 1.54) is 23.9 Å². The number of nitrogens with one attached hydrogen (secondary N) is 1. The number of carbonyl (C=O) groups excluding carboxylic acids is 1. The molecule has 6 nitrogen and oxygen atoms in total. The average molecular weight is 357 g/mol. The summed E-state index contributed by atoms with van der Waals surface area (Å²) in [5.74, 6) is -0.657. The first-order chi connectivity index (χ1) is 12.0. The van der Waals surface area contributed by atoms with Crippen molar-refractivity contribution in [3.05, 3.63) is 59.9 Å². The Morgan fingerprint density at radius 3 is 2.80 bits per heavy atom. The summed E-state index contributed by atoms with van der Waals surface area (Å²) in [5.41, 5.74) is 2.32. The molecule has 0 aliphatic carbocycles. The fourth-order valence-electron chi connectivity index (χ4n) is 2.20. The summed E-state index contributed by atoms with van der Waals surface area (Å²) in [6.07, 6.45) is 0. The van der Waals surface area contributed by atoms with Crippen LogP contribution in [0.5, 0.6) is 0 Å². The third-order valence-electron chi connectivity index (χ3n) is 3.43. The molecule has 0 saturated heterocycles. The van der Waals surface area contributed by atoms with Gasteiger partial charge < -0.3 is 5.32 Å². The van der Waals surface area contributed by atoms with Gasteiger partial charge in [-0.3, -0.25) is 4.79 Å². The molecule has 1 aromatic heterocycles. The van der Waals surface area contributed by atoms with Crippen molar-refractivity contribution >= 4 is 23.4 Å². The van der Waals surface area contributed by atoms with Gasteiger partial charge in [0.15, 0.2) is 0 Å². The number of benzene rings is 2. The van der Waals surface area contributed by atoms with E-state index in [4.69, 9.17) is 0 Å². The first-order valence-corrected chi connectivity index (χ1v) is 8.49. The van der Waals surface area contributed by atoms with Gasteiger partial charge in [0.1, 0.15) is 5.82 Å². The zero-order chi connectivity index (χ0) is 17.8. The van der Waals surface area contributed by atoms with Crippen molar-refractivity contribution in [1.82, 2.24) is 20.2 Å². The molecule has 1 unspecified atom stereocenters. The molecule has 0 bridgehead atoms. The van der Waals surface area contributed by atoms with Gasteiger partial charge in [0, 0.05) is 5.69 Å². The van der Waals surface area contributed by atoms with Crippen LogP contribution < -0.4 is 5.32 Å². The Balaban J connectivity index is 1.72. The Hall–Kier alpha value is -2.74. The van der Waals surface area contributed by atoms with Crippen molar-refractivity contribution in [2.75, 3.05) is 5.32 Å². The Morgan fingerprint density at radius 1 is 1.24 bits per heavy atom. The molecule has 3 rings (SSSR count). The lowest BCUT2D eigenvalue weighted by molar-refractivity contribution is -0.115. The molecular formula is C17H16FN5OS. The predicted molar refractivity (Wildman–Crippen MR) is 94.2 cm³/mol. The monoisotopic (exact) mass is 357 g/mol. The van der Waals surface area contributed by atoms with Crippen LogP contribution in [0.2, 0.25) is 0 Å². The van der Waals surface area contributed by atoms with E-state index in [9.17, 15) is 9.18 Å². The van der Waals surface area contributed by atoms with Gasteiger partial charge >= 0.3 is 0 Å². The molecule has 0 fully saturated rings. The third-order valence-corrected chi connectivity index (χ3v) is 4.46. The maximum atomic E-state index is 13.2. The van der Waals surface area contributed by atoms with Gasteiger partial charge in [-0.1, -0.05) is 30.0 Å². The fourth-order valence-corrected chi connectivity index (χ4v) is 3.00. The lowest BCUT2D eigenvalue weighted by atomic mass is 10.2. The van der Waals surface area contributed by atoms with Crippen LogP contribution >= 0.6 is 11.8 Å². The summed E-state index contributed by atoms with van der Waals surface area (Å²) in [5, 5.41) is 14.4. The summed E-state index contributed by atoms with van der Waals surface area (Å²) < 4.78 is 14.8. The van der Waals surface area contributed by atoms with Crippen LogP contribution in [0.1, 0.15) is 12.5 Å². The molecule has 1 atom stereocenters. The van der Waals surface area contributed by atoms with Gasteiger partial charge in [0.2, 0.25) is 11.1 Å². The van der Waals surface area contributed by atoms with Crippen molar-refractivity contribution in [2.24, 2.45) is 0 Å². The molecule has 0 spiro atoms. The number of amides is 1. The molecule has 25 heavy (non-hydrogen) atoms. The van der Waals surface area contributed by atoms with E-state index in [0.717, 1.165) is 11.3 Å². The van der Waals surface area contributed by atoms with Crippen LogP contribution in [0.25, 0.3) is 5.69 Å². The van der Waals surface area contributed by atoms with Crippen LogP contribution in [0.3, 0.4) is 0 Å². The first-order valence-electron chi connectivity index (χ1n) is 7.61. The molecule has 1 amide bonds. The van der Waals surface area contributed by atoms with Crippen LogP contribution in [-0.2, 0) is 4.79 Å². The molecule has 2 aromatic carbocycles. The van der Waals surface area contributed by atoms with Crippen LogP contribution in [0.15, 0.2) is 53.7 Å². The number of nitrogens with zero attached hydrogens (tertiary/aromatic N) is 4. The first kappa shape index (κ1) is 17.1. The van der Waals surface area contributed by atoms with Crippen LogP contribution in [-0.4, -0.2) is 31.4 Å². The normalized spacial score (nSPS) is 12.0. The lowest BCUT2D eigenvalue weighted by Gasteiger charge is -2.12. The van der Waals surface area contributed by atoms with E-state index in [2.05, 4.69) is 20.8 Å². The van der Waals surface area contributed by atoms with Gasteiger partial charge in [-0.15, -0.1) is 5.10 Å². The summed E-state index contributed by atoms with van der Waals surface area (Å²) in [6.45, 7) is 3.73. The van der Waals surface area contributed by atoms with Crippen molar-refractivity contribution < 1.29 is 9.18 Å². The van der Waals surface area contributed by atoms with E-state index in [0.29, 0.717) is 10.8 Å². The van der Waals surface area contributed by atoms with Crippen LogP contribution in [0, 0.1) is 12.7 Å². The highest BCUT2D eigenvalue weighted by Gasteiger charge is 2.19. The van der Waals surface area contributed by atoms with Gasteiger partial charge in [-0.2, -0.15) is 4.68 Å². The molecule has 0 aliphatic rings. The second-order valence-electron chi connectivity index (χ2n) is 5.47. The zero-order valence-corrected chi connectivity index (χ0v) is 14.5. The van der Waals surface area contributed by atoms with Gasteiger partial charge in [-0.25, -0.2) is 4.39 Å². The van der Waals surface area contributed by atoms with E-state index >= 15 is 0 Å². The Morgan fingerprint density at radius 2 is 2.04 bits per heavy atom. The second kappa shape index (κ2) is 7.43. The topological polar surface area (TPSA) is 72.7 Å². The Labute approximate surface area is 148 Å². The highest BCUT2D eigenvalue weighted by molar-refractivity contribution is 8.00. The maximum Gasteiger partial charge on any atom is 0.237 e. The van der Waals surface area contributed by atoms with Crippen molar-refractivity contribution in [3.8, 4) is 5.69 Å². The fraction of sp³-hybridized carbons (Fsp3) is 0.176. The summed E-state index contributed by atoms with van der Waals surface area (Å²) in [4.78, 5) is 12.3. The molecule has 8 heteroatoms. The summed E-state index contributed by atoms with van der Waals surface area (Å²) in [7, 11) is 0. The summed E-state index contributed by atoms with van der Waals surface area (Å²) >= 11 is 1.23. The van der Waals surface area contributed by atoms with Gasteiger partial charge in [-0.05, 0) is 60.2 Å². The average Bonchev–Trinajstić information content (AvgIpc) is 3.03. The zero-order valence-electron chi connectivity index (χ0n) is 13.7. The Bertz CT molecular complexity index is 898. The Kier molecular flexibility index (Phi) is 5.08.